The lowest BCUT2D eigenvalue weighted by molar-refractivity contribution is -0.120. The maximum Gasteiger partial charge on any atom is 0.338 e. The van der Waals surface area contributed by atoms with Gasteiger partial charge in [0.2, 0.25) is 5.91 Å². The maximum absolute atomic E-state index is 13.9. The van der Waals surface area contributed by atoms with Crippen molar-refractivity contribution in [3.05, 3.63) is 53.8 Å². The Labute approximate surface area is 177 Å². The van der Waals surface area contributed by atoms with Gasteiger partial charge < -0.3 is 15.0 Å². The average Bonchev–Trinajstić information content (AvgIpc) is 3.20. The molecular formula is C22H22FN3O3S. The van der Waals surface area contributed by atoms with Crippen LogP contribution in [0.5, 0.6) is 0 Å². The van der Waals surface area contributed by atoms with Crippen molar-refractivity contribution in [1.82, 2.24) is 4.98 Å². The number of anilines is 2. The van der Waals surface area contributed by atoms with E-state index in [1.54, 1.807) is 37.3 Å². The molecule has 0 saturated carbocycles. The summed E-state index contributed by atoms with van der Waals surface area (Å²) >= 11 is 1.47. The molecule has 0 bridgehead atoms. The standard InChI is InChI=1S/C22H22FN3O3S/c1-2-29-21(28)15-6-8-16(9-7-15)24-20(27)14-10-12-26(13-11-14)22-25-19-17(23)4-3-5-18(19)30-22/h3-9,14H,2,10-13H2,1H3,(H,24,27). The number of aromatic nitrogens is 1. The van der Waals surface area contributed by atoms with Crippen molar-refractivity contribution in [2.45, 2.75) is 19.8 Å². The van der Waals surface area contributed by atoms with Crippen LogP contribution >= 0.6 is 11.3 Å². The van der Waals surface area contributed by atoms with Gasteiger partial charge in [-0.2, -0.15) is 0 Å². The Bertz CT molecular complexity index is 1060. The number of carbonyl (C=O) groups is 2. The van der Waals surface area contributed by atoms with Crippen LogP contribution in [0, 0.1) is 11.7 Å². The van der Waals surface area contributed by atoms with Gasteiger partial charge in [0.05, 0.1) is 16.9 Å². The molecule has 1 aromatic heterocycles. The van der Waals surface area contributed by atoms with Crippen LogP contribution in [0.15, 0.2) is 42.5 Å². The highest BCUT2D eigenvalue weighted by Crippen LogP contribution is 2.32. The van der Waals surface area contributed by atoms with Crippen LogP contribution in [-0.4, -0.2) is 36.6 Å². The third-order valence-electron chi connectivity index (χ3n) is 5.16. The summed E-state index contributed by atoms with van der Waals surface area (Å²) < 4.78 is 19.7. The van der Waals surface area contributed by atoms with E-state index in [0.29, 0.717) is 49.3 Å². The molecule has 4 rings (SSSR count). The number of thiazole rings is 1. The fourth-order valence-electron chi connectivity index (χ4n) is 3.52. The fraction of sp³-hybridized carbons (Fsp3) is 0.318. The van der Waals surface area contributed by atoms with Gasteiger partial charge >= 0.3 is 5.97 Å². The summed E-state index contributed by atoms with van der Waals surface area (Å²) in [6.07, 6.45) is 1.40. The Morgan fingerprint density at radius 3 is 2.60 bits per heavy atom. The van der Waals surface area contributed by atoms with E-state index in [4.69, 9.17) is 4.74 Å². The number of piperidine rings is 1. The molecule has 0 unspecified atom stereocenters. The molecule has 1 amide bonds. The van der Waals surface area contributed by atoms with Crippen LogP contribution in [0.25, 0.3) is 10.2 Å². The number of fused-ring (bicyclic) bond motifs is 1. The SMILES string of the molecule is CCOC(=O)c1ccc(NC(=O)C2CCN(c3nc4c(F)cccc4s3)CC2)cc1. The Kier molecular flexibility index (Phi) is 5.94. The number of carbonyl (C=O) groups excluding carboxylic acids is 2. The van der Waals surface area contributed by atoms with Crippen LogP contribution in [0.1, 0.15) is 30.1 Å². The zero-order valence-electron chi connectivity index (χ0n) is 16.6. The summed E-state index contributed by atoms with van der Waals surface area (Å²) in [6, 6.07) is 11.7. The maximum atomic E-state index is 13.9. The van der Waals surface area contributed by atoms with E-state index >= 15 is 0 Å². The number of para-hydroxylation sites is 1. The number of nitrogens with one attached hydrogen (secondary N) is 1. The van der Waals surface area contributed by atoms with E-state index in [0.717, 1.165) is 9.83 Å². The van der Waals surface area contributed by atoms with Gasteiger partial charge in [0.15, 0.2) is 5.13 Å². The van der Waals surface area contributed by atoms with Gasteiger partial charge in [-0.25, -0.2) is 14.2 Å². The molecule has 156 valence electrons. The van der Waals surface area contributed by atoms with Gasteiger partial charge in [0.25, 0.3) is 0 Å². The molecule has 1 aliphatic rings. The third-order valence-corrected chi connectivity index (χ3v) is 6.24. The first-order valence-electron chi connectivity index (χ1n) is 9.93. The summed E-state index contributed by atoms with van der Waals surface area (Å²) in [5.74, 6) is -0.818. The molecular weight excluding hydrogens is 405 g/mol. The third kappa shape index (κ3) is 4.28. The lowest BCUT2D eigenvalue weighted by Gasteiger charge is -2.31. The van der Waals surface area contributed by atoms with Crippen molar-refractivity contribution >= 4 is 44.2 Å². The number of rotatable bonds is 5. The van der Waals surface area contributed by atoms with Crippen molar-refractivity contribution in [3.63, 3.8) is 0 Å². The van der Waals surface area contributed by atoms with Crippen LogP contribution in [-0.2, 0) is 9.53 Å². The molecule has 8 heteroatoms. The number of esters is 1. The minimum atomic E-state index is -0.377. The number of hydrogen-bond acceptors (Lipinski definition) is 6. The highest BCUT2D eigenvalue weighted by Gasteiger charge is 2.27. The molecule has 0 aliphatic carbocycles. The van der Waals surface area contributed by atoms with E-state index in [1.165, 1.54) is 17.4 Å². The first-order valence-corrected chi connectivity index (χ1v) is 10.7. The van der Waals surface area contributed by atoms with E-state index in [1.807, 2.05) is 6.07 Å². The van der Waals surface area contributed by atoms with Crippen molar-refractivity contribution in [1.29, 1.82) is 0 Å². The van der Waals surface area contributed by atoms with Crippen molar-refractivity contribution in [3.8, 4) is 0 Å². The molecule has 0 radical (unpaired) electrons. The van der Waals surface area contributed by atoms with Crippen LogP contribution in [0.2, 0.25) is 0 Å². The van der Waals surface area contributed by atoms with Gasteiger partial charge in [-0.15, -0.1) is 0 Å². The molecule has 6 nitrogen and oxygen atoms in total. The second kappa shape index (κ2) is 8.79. The molecule has 1 aliphatic heterocycles. The van der Waals surface area contributed by atoms with Crippen molar-refractivity contribution in [2.75, 3.05) is 29.9 Å². The largest absolute Gasteiger partial charge is 0.462 e. The molecule has 0 atom stereocenters. The Morgan fingerprint density at radius 2 is 1.93 bits per heavy atom. The highest BCUT2D eigenvalue weighted by atomic mass is 32.1. The monoisotopic (exact) mass is 427 g/mol. The molecule has 2 aromatic carbocycles. The highest BCUT2D eigenvalue weighted by molar-refractivity contribution is 7.22. The molecule has 1 N–H and O–H groups in total. The van der Waals surface area contributed by atoms with Crippen LogP contribution < -0.4 is 10.2 Å². The number of nitrogens with zero attached hydrogens (tertiary/aromatic N) is 2. The van der Waals surface area contributed by atoms with E-state index in [-0.39, 0.29) is 23.6 Å². The molecule has 2 heterocycles. The number of halogens is 1. The zero-order chi connectivity index (χ0) is 21.1. The number of benzene rings is 2. The molecule has 1 fully saturated rings. The smallest absolute Gasteiger partial charge is 0.338 e. The Morgan fingerprint density at radius 1 is 1.20 bits per heavy atom. The summed E-state index contributed by atoms with van der Waals surface area (Å²) in [4.78, 5) is 30.9. The average molecular weight is 428 g/mol. The normalized spacial score (nSPS) is 14.7. The van der Waals surface area contributed by atoms with Gasteiger partial charge in [0, 0.05) is 24.7 Å². The van der Waals surface area contributed by atoms with Gasteiger partial charge in [-0.3, -0.25) is 4.79 Å². The lowest BCUT2D eigenvalue weighted by Crippen LogP contribution is -2.38. The topological polar surface area (TPSA) is 71.5 Å². The Balaban J connectivity index is 1.34. The second-order valence-electron chi connectivity index (χ2n) is 7.13. The van der Waals surface area contributed by atoms with E-state index < -0.39 is 0 Å². The quantitative estimate of drug-likeness (QED) is 0.609. The van der Waals surface area contributed by atoms with Gasteiger partial charge in [-0.05, 0) is 56.2 Å². The summed E-state index contributed by atoms with van der Waals surface area (Å²) in [5, 5.41) is 3.72. The van der Waals surface area contributed by atoms with E-state index in [9.17, 15) is 14.0 Å². The summed E-state index contributed by atoms with van der Waals surface area (Å²) in [6.45, 7) is 3.47. The minimum Gasteiger partial charge on any atom is -0.462 e. The molecule has 30 heavy (non-hydrogen) atoms. The van der Waals surface area contributed by atoms with Gasteiger partial charge in [-0.1, -0.05) is 17.4 Å². The van der Waals surface area contributed by atoms with Crippen LogP contribution in [0.4, 0.5) is 15.2 Å². The molecule has 1 saturated heterocycles. The Hall–Kier alpha value is -3.00. The first kappa shape index (κ1) is 20.3. The predicted octanol–water partition coefficient (Wildman–Crippen LogP) is 4.47. The van der Waals surface area contributed by atoms with Crippen molar-refractivity contribution in [2.24, 2.45) is 5.92 Å². The fourth-order valence-corrected chi connectivity index (χ4v) is 4.55. The van der Waals surface area contributed by atoms with Crippen molar-refractivity contribution < 1.29 is 18.7 Å². The van der Waals surface area contributed by atoms with Crippen LogP contribution in [0.3, 0.4) is 0 Å². The lowest BCUT2D eigenvalue weighted by atomic mass is 9.96. The minimum absolute atomic E-state index is 0.0334. The van der Waals surface area contributed by atoms with Gasteiger partial charge in [0.1, 0.15) is 11.3 Å². The number of ether oxygens (including phenoxy) is 1. The number of hydrogen-bond donors (Lipinski definition) is 1. The summed E-state index contributed by atoms with van der Waals surface area (Å²) in [5.41, 5.74) is 1.51. The zero-order valence-corrected chi connectivity index (χ0v) is 17.4. The summed E-state index contributed by atoms with van der Waals surface area (Å²) in [7, 11) is 0. The molecule has 0 spiro atoms. The second-order valence-corrected chi connectivity index (χ2v) is 8.14. The number of amides is 1. The van der Waals surface area contributed by atoms with E-state index in [2.05, 4.69) is 15.2 Å². The first-order chi connectivity index (χ1) is 14.5. The molecule has 3 aromatic rings. The predicted molar refractivity (Wildman–Crippen MR) is 116 cm³/mol.